The fraction of sp³-hybridized carbons (Fsp3) is 0.300. The molecule has 1 amide bonds. The van der Waals surface area contributed by atoms with Crippen molar-refractivity contribution in [2.45, 2.75) is 0 Å². The molecule has 0 aliphatic rings. The maximum Gasteiger partial charge on any atom is 0.254 e. The summed E-state index contributed by atoms with van der Waals surface area (Å²) in [6.45, 7) is 1.10. The lowest BCUT2D eigenvalue weighted by Gasteiger charge is -2.05. The molecule has 6 heteroatoms. The predicted octanol–water partition coefficient (Wildman–Crippen LogP) is 1.85. The molecule has 0 aliphatic heterocycles. The quantitative estimate of drug-likeness (QED) is 0.817. The van der Waals surface area contributed by atoms with Crippen LogP contribution in [-0.4, -0.2) is 26.0 Å². The van der Waals surface area contributed by atoms with Crippen LogP contribution in [0.1, 0.15) is 10.4 Å². The maximum atomic E-state index is 13.2. The molecule has 0 fully saturated rings. The number of likely N-dealkylation sites (N-methyl/N-ethyl adjacent to an activating group) is 1. The van der Waals surface area contributed by atoms with Crippen molar-refractivity contribution in [3.8, 4) is 0 Å². The van der Waals surface area contributed by atoms with E-state index in [2.05, 4.69) is 10.6 Å². The summed E-state index contributed by atoms with van der Waals surface area (Å²) in [6.07, 6.45) is 0. The van der Waals surface area contributed by atoms with Crippen molar-refractivity contribution in [2.75, 3.05) is 20.1 Å². The fourth-order valence-electron chi connectivity index (χ4n) is 1.07. The number of carbonyl (C=O) groups is 1. The van der Waals surface area contributed by atoms with Crippen LogP contribution in [0.4, 0.5) is 4.39 Å². The van der Waals surface area contributed by atoms with Gasteiger partial charge in [0, 0.05) is 18.1 Å². The summed E-state index contributed by atoms with van der Waals surface area (Å²) in [4.78, 5) is 11.4. The Morgan fingerprint density at radius 2 is 2.12 bits per heavy atom. The molecule has 1 rings (SSSR count). The van der Waals surface area contributed by atoms with Gasteiger partial charge in [-0.25, -0.2) is 4.39 Å². The van der Waals surface area contributed by atoms with Crippen LogP contribution in [0.2, 0.25) is 5.02 Å². The number of halogens is 3. The number of hydrogen-bond acceptors (Lipinski definition) is 2. The van der Waals surface area contributed by atoms with Crippen LogP contribution in [0.3, 0.4) is 0 Å². The number of amides is 1. The first-order valence-corrected chi connectivity index (χ1v) is 4.91. The highest BCUT2D eigenvalue weighted by atomic mass is 35.5. The molecule has 90 valence electrons. The number of carbonyl (C=O) groups excluding carboxylic acids is 1. The third-order valence-electron chi connectivity index (χ3n) is 1.84. The van der Waals surface area contributed by atoms with Crippen LogP contribution in [-0.2, 0) is 0 Å². The molecule has 0 radical (unpaired) electrons. The summed E-state index contributed by atoms with van der Waals surface area (Å²) in [7, 11) is 1.77. The fourth-order valence-corrected chi connectivity index (χ4v) is 1.23. The van der Waals surface area contributed by atoms with Crippen molar-refractivity contribution in [3.05, 3.63) is 34.6 Å². The minimum atomic E-state index is -0.607. The van der Waals surface area contributed by atoms with E-state index in [1.165, 1.54) is 12.1 Å². The monoisotopic (exact) mass is 266 g/mol. The molecule has 2 N–H and O–H groups in total. The molecule has 0 spiro atoms. The Morgan fingerprint density at radius 1 is 1.44 bits per heavy atom. The standard InChI is InChI=1S/C10H12ClFN2O.ClH/c1-13-4-5-14-10(15)8-3-2-7(11)6-9(8)12;/h2-3,6,13H,4-5H2,1H3,(H,14,15);1H. The van der Waals surface area contributed by atoms with Crippen LogP contribution < -0.4 is 10.6 Å². The van der Waals surface area contributed by atoms with Crippen LogP contribution in [0.25, 0.3) is 0 Å². The first kappa shape index (κ1) is 15.2. The Labute approximate surface area is 105 Å². The predicted molar refractivity (Wildman–Crippen MR) is 64.9 cm³/mol. The van der Waals surface area contributed by atoms with Crippen LogP contribution in [0.15, 0.2) is 18.2 Å². The number of hydrogen-bond donors (Lipinski definition) is 2. The highest BCUT2D eigenvalue weighted by Crippen LogP contribution is 2.14. The van der Waals surface area contributed by atoms with Crippen molar-refractivity contribution in [1.29, 1.82) is 0 Å². The SMILES string of the molecule is CNCCNC(=O)c1ccc(Cl)cc1F.Cl. The van der Waals surface area contributed by atoms with Gasteiger partial charge in [-0.3, -0.25) is 4.79 Å². The van der Waals surface area contributed by atoms with Gasteiger partial charge in [-0.05, 0) is 25.2 Å². The summed E-state index contributed by atoms with van der Waals surface area (Å²) in [5.74, 6) is -1.04. The van der Waals surface area contributed by atoms with E-state index in [0.29, 0.717) is 13.1 Å². The zero-order chi connectivity index (χ0) is 11.3. The van der Waals surface area contributed by atoms with Gasteiger partial charge in [0.1, 0.15) is 5.82 Å². The smallest absolute Gasteiger partial charge is 0.254 e. The van der Waals surface area contributed by atoms with E-state index in [9.17, 15) is 9.18 Å². The number of rotatable bonds is 4. The summed E-state index contributed by atoms with van der Waals surface area (Å²) >= 11 is 5.57. The Bertz CT molecular complexity index is 361. The third kappa shape index (κ3) is 4.35. The minimum absolute atomic E-state index is 0. The van der Waals surface area contributed by atoms with E-state index in [-0.39, 0.29) is 23.0 Å². The lowest BCUT2D eigenvalue weighted by molar-refractivity contribution is 0.0950. The molecule has 3 nitrogen and oxygen atoms in total. The van der Waals surface area contributed by atoms with Crippen LogP contribution in [0, 0.1) is 5.82 Å². The molecule has 0 saturated carbocycles. The van der Waals surface area contributed by atoms with E-state index < -0.39 is 11.7 Å². The van der Waals surface area contributed by atoms with E-state index in [1.54, 1.807) is 7.05 Å². The zero-order valence-corrected chi connectivity index (χ0v) is 10.3. The molecule has 16 heavy (non-hydrogen) atoms. The first-order chi connectivity index (χ1) is 7.15. The zero-order valence-electron chi connectivity index (χ0n) is 8.72. The van der Waals surface area contributed by atoms with Crippen molar-refractivity contribution in [3.63, 3.8) is 0 Å². The Balaban J connectivity index is 0.00000225. The van der Waals surface area contributed by atoms with E-state index in [0.717, 1.165) is 6.07 Å². The van der Waals surface area contributed by atoms with Gasteiger partial charge in [-0.1, -0.05) is 11.6 Å². The lowest BCUT2D eigenvalue weighted by atomic mass is 10.2. The van der Waals surface area contributed by atoms with Gasteiger partial charge in [-0.2, -0.15) is 0 Å². The minimum Gasteiger partial charge on any atom is -0.351 e. The van der Waals surface area contributed by atoms with Gasteiger partial charge in [-0.15, -0.1) is 12.4 Å². The second kappa shape index (κ2) is 7.44. The molecule has 1 aromatic carbocycles. The number of benzene rings is 1. The van der Waals surface area contributed by atoms with Gasteiger partial charge in [0.25, 0.3) is 5.91 Å². The van der Waals surface area contributed by atoms with Crippen molar-refractivity contribution < 1.29 is 9.18 Å². The lowest BCUT2D eigenvalue weighted by Crippen LogP contribution is -2.30. The molecule has 0 aliphatic carbocycles. The molecular weight excluding hydrogens is 254 g/mol. The van der Waals surface area contributed by atoms with E-state index >= 15 is 0 Å². The van der Waals surface area contributed by atoms with E-state index in [1.807, 2.05) is 0 Å². The molecular formula is C10H13Cl2FN2O. The number of nitrogens with one attached hydrogen (secondary N) is 2. The Morgan fingerprint density at radius 3 is 2.69 bits per heavy atom. The van der Waals surface area contributed by atoms with Crippen molar-refractivity contribution >= 4 is 29.9 Å². The molecule has 0 saturated heterocycles. The highest BCUT2D eigenvalue weighted by molar-refractivity contribution is 6.30. The van der Waals surface area contributed by atoms with Crippen molar-refractivity contribution in [1.82, 2.24) is 10.6 Å². The van der Waals surface area contributed by atoms with Gasteiger partial charge in [0.05, 0.1) is 5.56 Å². The molecule has 0 unspecified atom stereocenters. The molecule has 0 atom stereocenters. The van der Waals surface area contributed by atoms with Gasteiger partial charge in [0.15, 0.2) is 0 Å². The maximum absolute atomic E-state index is 13.2. The summed E-state index contributed by atoms with van der Waals surface area (Å²) in [6, 6.07) is 3.97. The summed E-state index contributed by atoms with van der Waals surface area (Å²) in [5, 5.41) is 5.72. The molecule has 0 heterocycles. The third-order valence-corrected chi connectivity index (χ3v) is 2.07. The first-order valence-electron chi connectivity index (χ1n) is 4.53. The van der Waals surface area contributed by atoms with Gasteiger partial charge in [0.2, 0.25) is 0 Å². The van der Waals surface area contributed by atoms with E-state index in [4.69, 9.17) is 11.6 Å². The second-order valence-electron chi connectivity index (χ2n) is 2.98. The molecule has 1 aromatic rings. The van der Waals surface area contributed by atoms with Gasteiger partial charge >= 0.3 is 0 Å². The Hall–Kier alpha value is -0.840. The van der Waals surface area contributed by atoms with Gasteiger partial charge < -0.3 is 10.6 Å². The Kier molecular flexibility index (Phi) is 7.05. The second-order valence-corrected chi connectivity index (χ2v) is 3.42. The molecule has 0 bridgehead atoms. The average molecular weight is 267 g/mol. The van der Waals surface area contributed by atoms with Crippen molar-refractivity contribution in [2.24, 2.45) is 0 Å². The normalized spacial score (nSPS) is 9.44. The average Bonchev–Trinajstić information content (AvgIpc) is 2.17. The topological polar surface area (TPSA) is 41.1 Å². The van der Waals surface area contributed by atoms with Crippen LogP contribution >= 0.6 is 24.0 Å². The van der Waals surface area contributed by atoms with Crippen LogP contribution in [0.5, 0.6) is 0 Å². The molecule has 0 aromatic heterocycles. The summed E-state index contributed by atoms with van der Waals surface area (Å²) in [5.41, 5.74) is 0.00973. The summed E-state index contributed by atoms with van der Waals surface area (Å²) < 4.78 is 13.2. The largest absolute Gasteiger partial charge is 0.351 e. The highest BCUT2D eigenvalue weighted by Gasteiger charge is 2.10.